The number of hydrogen-bond donors (Lipinski definition) is 0. The maximum absolute atomic E-state index is 5.74. The van der Waals surface area contributed by atoms with E-state index >= 15 is 0 Å². The van der Waals surface area contributed by atoms with Crippen molar-refractivity contribution in [1.82, 2.24) is 9.80 Å². The molecule has 1 heterocycles. The average Bonchev–Trinajstić information content (AvgIpc) is 2.47. The fraction of sp³-hybridized carbons (Fsp3) is 0.600. The smallest absolute Gasteiger partial charge is 0.119 e. The van der Waals surface area contributed by atoms with Crippen molar-refractivity contribution >= 4 is 11.6 Å². The van der Waals surface area contributed by atoms with Crippen LogP contribution in [-0.2, 0) is 6.54 Å². The molecule has 106 valence electrons. The van der Waals surface area contributed by atoms with E-state index in [4.69, 9.17) is 16.3 Å². The summed E-state index contributed by atoms with van der Waals surface area (Å²) in [4.78, 5) is 5.01. The summed E-state index contributed by atoms with van der Waals surface area (Å²) < 4.78 is 5.27. The first kappa shape index (κ1) is 14.6. The maximum Gasteiger partial charge on any atom is 0.119 e. The Bertz CT molecular complexity index is 378. The summed E-state index contributed by atoms with van der Waals surface area (Å²) in [5.41, 5.74) is 1.33. The van der Waals surface area contributed by atoms with E-state index in [2.05, 4.69) is 28.0 Å². The van der Waals surface area contributed by atoms with E-state index in [-0.39, 0.29) is 0 Å². The topological polar surface area (TPSA) is 15.7 Å². The Hall–Kier alpha value is -0.770. The highest BCUT2D eigenvalue weighted by Crippen LogP contribution is 2.15. The quantitative estimate of drug-likeness (QED) is 0.746. The van der Waals surface area contributed by atoms with Crippen LogP contribution in [0.1, 0.15) is 12.0 Å². The van der Waals surface area contributed by atoms with Gasteiger partial charge in [-0.25, -0.2) is 0 Å². The molecule has 1 aliphatic rings. The molecular formula is C15H23ClN2O. The molecule has 0 saturated carbocycles. The third-order valence-electron chi connectivity index (χ3n) is 3.61. The molecule has 0 N–H and O–H groups in total. The van der Waals surface area contributed by atoms with Crippen LogP contribution in [0.5, 0.6) is 5.75 Å². The highest BCUT2D eigenvalue weighted by molar-refractivity contribution is 6.17. The van der Waals surface area contributed by atoms with E-state index in [1.54, 1.807) is 7.11 Å². The van der Waals surface area contributed by atoms with Crippen LogP contribution in [-0.4, -0.2) is 55.5 Å². The van der Waals surface area contributed by atoms with Gasteiger partial charge in [-0.15, -0.1) is 11.6 Å². The van der Waals surface area contributed by atoms with Gasteiger partial charge in [-0.2, -0.15) is 0 Å². The normalized spacial score (nSPS) is 17.6. The third kappa shape index (κ3) is 4.68. The minimum absolute atomic E-state index is 0.768. The van der Waals surface area contributed by atoms with Gasteiger partial charge in [0.15, 0.2) is 0 Å². The Balaban J connectivity index is 1.78. The van der Waals surface area contributed by atoms with Crippen LogP contribution in [0.25, 0.3) is 0 Å². The Labute approximate surface area is 121 Å². The van der Waals surface area contributed by atoms with Crippen molar-refractivity contribution in [3.05, 3.63) is 29.8 Å². The fourth-order valence-corrected chi connectivity index (χ4v) is 2.60. The van der Waals surface area contributed by atoms with Gasteiger partial charge in [0, 0.05) is 38.6 Å². The molecule has 0 atom stereocenters. The minimum atomic E-state index is 0.768. The van der Waals surface area contributed by atoms with Crippen LogP contribution in [0.15, 0.2) is 24.3 Å². The molecule has 0 radical (unpaired) electrons. The lowest BCUT2D eigenvalue weighted by Gasteiger charge is -2.34. The van der Waals surface area contributed by atoms with Gasteiger partial charge in [-0.3, -0.25) is 4.90 Å². The first-order valence-electron chi connectivity index (χ1n) is 6.95. The van der Waals surface area contributed by atoms with Gasteiger partial charge in [0.1, 0.15) is 5.75 Å². The van der Waals surface area contributed by atoms with E-state index in [0.29, 0.717) is 0 Å². The number of methoxy groups -OCH3 is 1. The van der Waals surface area contributed by atoms with Crippen molar-refractivity contribution in [3.63, 3.8) is 0 Å². The monoisotopic (exact) mass is 282 g/mol. The Morgan fingerprint density at radius 2 is 1.89 bits per heavy atom. The summed E-state index contributed by atoms with van der Waals surface area (Å²) >= 11 is 5.74. The van der Waals surface area contributed by atoms with Gasteiger partial charge in [0.05, 0.1) is 7.11 Å². The van der Waals surface area contributed by atoms with Gasteiger partial charge in [0.25, 0.3) is 0 Å². The van der Waals surface area contributed by atoms with Gasteiger partial charge in [0.2, 0.25) is 0 Å². The van der Waals surface area contributed by atoms with Crippen LogP contribution in [0.4, 0.5) is 0 Å². The molecule has 4 heteroatoms. The van der Waals surface area contributed by atoms with Crippen molar-refractivity contribution < 1.29 is 4.74 Å². The van der Waals surface area contributed by atoms with Crippen LogP contribution in [0.3, 0.4) is 0 Å². The third-order valence-corrected chi connectivity index (χ3v) is 3.88. The highest BCUT2D eigenvalue weighted by atomic mass is 35.5. The first-order valence-corrected chi connectivity index (χ1v) is 7.49. The molecule has 1 aromatic carbocycles. The van der Waals surface area contributed by atoms with Crippen molar-refractivity contribution in [1.29, 1.82) is 0 Å². The number of rotatable bonds is 6. The second-order valence-electron chi connectivity index (χ2n) is 5.01. The fourth-order valence-electron chi connectivity index (χ4n) is 2.48. The zero-order valence-corrected chi connectivity index (χ0v) is 12.4. The maximum atomic E-state index is 5.74. The van der Waals surface area contributed by atoms with Gasteiger partial charge < -0.3 is 9.64 Å². The van der Waals surface area contributed by atoms with Crippen LogP contribution in [0, 0.1) is 0 Å². The summed E-state index contributed by atoms with van der Waals surface area (Å²) in [5, 5.41) is 0. The Kier molecular flexibility index (Phi) is 5.95. The first-order chi connectivity index (χ1) is 9.31. The summed E-state index contributed by atoms with van der Waals surface area (Å²) in [6.07, 6.45) is 1.09. The SMILES string of the molecule is COc1cccc(CN2CCN(CCCCl)CC2)c1. The Morgan fingerprint density at radius 3 is 2.58 bits per heavy atom. The lowest BCUT2D eigenvalue weighted by Crippen LogP contribution is -2.46. The molecule has 2 rings (SSSR count). The molecule has 3 nitrogen and oxygen atoms in total. The molecule has 19 heavy (non-hydrogen) atoms. The van der Waals surface area contributed by atoms with Crippen molar-refractivity contribution in [2.75, 3.05) is 45.7 Å². The van der Waals surface area contributed by atoms with Crippen LogP contribution in [0.2, 0.25) is 0 Å². The number of nitrogens with zero attached hydrogens (tertiary/aromatic N) is 2. The molecule has 0 amide bonds. The minimum Gasteiger partial charge on any atom is -0.497 e. The van der Waals surface area contributed by atoms with E-state index in [1.807, 2.05) is 6.07 Å². The van der Waals surface area contributed by atoms with Crippen molar-refractivity contribution in [3.8, 4) is 5.75 Å². The van der Waals surface area contributed by atoms with Gasteiger partial charge in [-0.05, 0) is 30.7 Å². The molecule has 0 aliphatic carbocycles. The number of halogens is 1. The lowest BCUT2D eigenvalue weighted by molar-refractivity contribution is 0.127. The molecule has 1 fully saturated rings. The Morgan fingerprint density at radius 1 is 1.16 bits per heavy atom. The summed E-state index contributed by atoms with van der Waals surface area (Å²) in [5.74, 6) is 1.71. The van der Waals surface area contributed by atoms with Crippen LogP contribution < -0.4 is 4.74 Å². The number of hydrogen-bond acceptors (Lipinski definition) is 3. The molecule has 1 aliphatic heterocycles. The molecule has 0 unspecified atom stereocenters. The molecule has 1 saturated heterocycles. The molecular weight excluding hydrogens is 260 g/mol. The average molecular weight is 283 g/mol. The molecule has 0 aromatic heterocycles. The van der Waals surface area contributed by atoms with E-state index < -0.39 is 0 Å². The molecule has 0 bridgehead atoms. The molecule has 1 aromatic rings. The summed E-state index contributed by atoms with van der Waals surface area (Å²) in [6, 6.07) is 8.35. The predicted molar refractivity (Wildman–Crippen MR) is 80.0 cm³/mol. The second-order valence-corrected chi connectivity index (χ2v) is 5.39. The second kappa shape index (κ2) is 7.73. The number of benzene rings is 1. The van der Waals surface area contributed by atoms with Gasteiger partial charge >= 0.3 is 0 Å². The zero-order chi connectivity index (χ0) is 13.5. The highest BCUT2D eigenvalue weighted by Gasteiger charge is 2.16. The van der Waals surface area contributed by atoms with Crippen LogP contribution >= 0.6 is 11.6 Å². The largest absolute Gasteiger partial charge is 0.497 e. The summed E-state index contributed by atoms with van der Waals surface area (Å²) in [7, 11) is 1.72. The zero-order valence-electron chi connectivity index (χ0n) is 11.6. The van der Waals surface area contributed by atoms with Crippen molar-refractivity contribution in [2.45, 2.75) is 13.0 Å². The summed E-state index contributed by atoms with van der Waals surface area (Å²) in [6.45, 7) is 6.73. The number of piperazine rings is 1. The number of ether oxygens (including phenoxy) is 1. The predicted octanol–water partition coefficient (Wildman–Crippen LogP) is 2.44. The van der Waals surface area contributed by atoms with Gasteiger partial charge in [-0.1, -0.05) is 12.1 Å². The van der Waals surface area contributed by atoms with E-state index in [1.165, 1.54) is 5.56 Å². The molecule has 0 spiro atoms. The lowest BCUT2D eigenvalue weighted by atomic mass is 10.2. The van der Waals surface area contributed by atoms with Crippen molar-refractivity contribution in [2.24, 2.45) is 0 Å². The van der Waals surface area contributed by atoms with E-state index in [9.17, 15) is 0 Å². The standard InChI is InChI=1S/C15H23ClN2O/c1-19-15-5-2-4-14(12-15)13-18-10-8-17(9-11-18)7-3-6-16/h2,4-5,12H,3,6-11,13H2,1H3. The van der Waals surface area contributed by atoms with E-state index in [0.717, 1.165) is 57.3 Å². The number of alkyl halides is 1.